The van der Waals surface area contributed by atoms with E-state index in [1.54, 1.807) is 23.2 Å². The van der Waals surface area contributed by atoms with E-state index in [0.717, 1.165) is 55.2 Å². The molecule has 1 aliphatic rings. The van der Waals surface area contributed by atoms with Gasteiger partial charge in [0.2, 0.25) is 11.8 Å². The van der Waals surface area contributed by atoms with Gasteiger partial charge in [0, 0.05) is 35.9 Å². The van der Waals surface area contributed by atoms with Gasteiger partial charge in [-0.25, -0.2) is 9.18 Å². The molecule has 0 saturated carbocycles. The van der Waals surface area contributed by atoms with E-state index in [-0.39, 0.29) is 30.4 Å². The molecule has 1 atom stereocenters. The van der Waals surface area contributed by atoms with Crippen LogP contribution in [0.15, 0.2) is 53.5 Å². The number of aryl methyl sites for hydroxylation is 1. The van der Waals surface area contributed by atoms with Crippen LogP contribution in [0.5, 0.6) is 0 Å². The Hall–Kier alpha value is -4.41. The molecule has 0 aliphatic carbocycles. The molecule has 1 aliphatic heterocycles. The summed E-state index contributed by atoms with van der Waals surface area (Å²) >= 11 is 0. The number of amides is 3. The Bertz CT molecular complexity index is 1490. The number of carbonyl (C=O) groups is 3. The van der Waals surface area contributed by atoms with Crippen molar-refractivity contribution in [1.29, 1.82) is 0 Å². The minimum Gasteiger partial charge on any atom is -0.453 e. The Morgan fingerprint density at radius 3 is 2.71 bits per heavy atom. The Morgan fingerprint density at radius 2 is 1.98 bits per heavy atom. The van der Waals surface area contributed by atoms with E-state index in [4.69, 9.17) is 0 Å². The summed E-state index contributed by atoms with van der Waals surface area (Å²) < 4.78 is 20.2. The number of rotatable bonds is 11. The number of hydrogen-bond acceptors (Lipinski definition) is 5. The predicted octanol–water partition coefficient (Wildman–Crippen LogP) is 4.09. The number of methoxy groups -OCH3 is 1. The average Bonchev–Trinajstić information content (AvgIpc) is 3.63. The van der Waals surface area contributed by atoms with Crippen LogP contribution in [-0.4, -0.2) is 58.6 Å². The number of anilines is 1. The highest BCUT2D eigenvalue weighted by atomic mass is 19.1. The molecule has 41 heavy (non-hydrogen) atoms. The number of fused-ring (bicyclic) bond motifs is 1. The second kappa shape index (κ2) is 13.8. The third-order valence-electron chi connectivity index (χ3n) is 7.06. The number of aromatic amines is 1. The Balaban J connectivity index is 1.45. The van der Waals surface area contributed by atoms with E-state index in [1.165, 1.54) is 36.0 Å². The number of carbonyl (C=O) groups excluding carboxylic acids is 3. The zero-order chi connectivity index (χ0) is 29.4. The molecule has 1 aromatic carbocycles. The number of H-pyrrole nitrogens is 1. The van der Waals surface area contributed by atoms with E-state index in [0.29, 0.717) is 12.1 Å². The SMILES string of the molecule is CCCc1cc(F)cc2cc(Cn3cccc(NC(=O)[C@H](CC/C=C/C(=O)N4CCCC4)NC(=O)OC)c3=O)[nH]c12. The van der Waals surface area contributed by atoms with Crippen molar-refractivity contribution in [2.75, 3.05) is 25.5 Å². The van der Waals surface area contributed by atoms with E-state index >= 15 is 0 Å². The molecule has 2 aromatic heterocycles. The van der Waals surface area contributed by atoms with Crippen molar-refractivity contribution >= 4 is 34.5 Å². The summed E-state index contributed by atoms with van der Waals surface area (Å²) in [5.41, 5.74) is 2.04. The first-order valence-corrected chi connectivity index (χ1v) is 13.9. The highest BCUT2D eigenvalue weighted by molar-refractivity contribution is 5.96. The molecular weight excluding hydrogens is 529 g/mol. The minimum absolute atomic E-state index is 0.0442. The van der Waals surface area contributed by atoms with Crippen molar-refractivity contribution in [1.82, 2.24) is 19.8 Å². The van der Waals surface area contributed by atoms with Crippen molar-refractivity contribution in [3.8, 4) is 0 Å². The van der Waals surface area contributed by atoms with Gasteiger partial charge in [0.15, 0.2) is 0 Å². The molecule has 10 nitrogen and oxygen atoms in total. The number of likely N-dealkylation sites (tertiary alicyclic amines) is 1. The molecule has 0 unspecified atom stereocenters. The number of aromatic nitrogens is 2. The van der Waals surface area contributed by atoms with Crippen LogP contribution in [-0.2, 0) is 27.3 Å². The number of nitrogens with one attached hydrogen (secondary N) is 3. The van der Waals surface area contributed by atoms with Crippen LogP contribution in [0.2, 0.25) is 0 Å². The smallest absolute Gasteiger partial charge is 0.407 e. The largest absolute Gasteiger partial charge is 0.453 e. The molecule has 0 spiro atoms. The quantitative estimate of drug-likeness (QED) is 0.302. The lowest BCUT2D eigenvalue weighted by atomic mass is 10.1. The van der Waals surface area contributed by atoms with Gasteiger partial charge in [-0.15, -0.1) is 0 Å². The third kappa shape index (κ3) is 7.62. The number of benzene rings is 1. The van der Waals surface area contributed by atoms with Crippen LogP contribution in [0, 0.1) is 5.82 Å². The van der Waals surface area contributed by atoms with Crippen molar-refractivity contribution in [3.05, 3.63) is 76.1 Å². The normalized spacial score (nSPS) is 14.0. The second-order valence-corrected chi connectivity index (χ2v) is 10.1. The van der Waals surface area contributed by atoms with E-state index < -0.39 is 23.6 Å². The van der Waals surface area contributed by atoms with Crippen LogP contribution in [0.4, 0.5) is 14.9 Å². The van der Waals surface area contributed by atoms with Crippen LogP contribution in [0.25, 0.3) is 10.9 Å². The number of halogens is 1. The van der Waals surface area contributed by atoms with E-state index in [2.05, 4.69) is 20.4 Å². The maximum Gasteiger partial charge on any atom is 0.407 e. The molecular formula is C30H36FN5O5. The summed E-state index contributed by atoms with van der Waals surface area (Å²) in [5.74, 6) is -0.969. The number of hydrogen-bond donors (Lipinski definition) is 3. The molecule has 3 amide bonds. The molecule has 0 bridgehead atoms. The third-order valence-corrected chi connectivity index (χ3v) is 7.06. The summed E-state index contributed by atoms with van der Waals surface area (Å²) in [6, 6.07) is 6.92. The van der Waals surface area contributed by atoms with Gasteiger partial charge in [-0.1, -0.05) is 19.4 Å². The maximum absolute atomic E-state index is 14.1. The summed E-state index contributed by atoms with van der Waals surface area (Å²) in [7, 11) is 1.19. The number of allylic oxidation sites excluding steroid dienone is 1. The van der Waals surface area contributed by atoms with Gasteiger partial charge in [-0.3, -0.25) is 14.4 Å². The van der Waals surface area contributed by atoms with Gasteiger partial charge >= 0.3 is 6.09 Å². The monoisotopic (exact) mass is 565 g/mol. The number of alkyl carbamates (subject to hydrolysis) is 1. The predicted molar refractivity (Wildman–Crippen MR) is 154 cm³/mol. The van der Waals surface area contributed by atoms with Crippen LogP contribution >= 0.6 is 0 Å². The zero-order valence-corrected chi connectivity index (χ0v) is 23.4. The fourth-order valence-electron chi connectivity index (χ4n) is 5.01. The molecule has 11 heteroatoms. The first-order valence-electron chi connectivity index (χ1n) is 13.9. The standard InChI is InChI=1S/C30H36FN5O5/c1-3-9-20-16-22(31)17-21-18-23(32-27(20)21)19-36-15-8-11-25(29(36)39)33-28(38)24(34-30(40)41-2)10-4-5-12-26(37)35-13-6-7-14-35/h5,8,11-12,15-18,24,32H,3-4,6-7,9-10,13-14,19H2,1-2H3,(H,33,38)(H,34,40)/b12-5+/t24-/m0/s1. The average molecular weight is 566 g/mol. The molecule has 3 heterocycles. The minimum atomic E-state index is -0.998. The fourth-order valence-corrected chi connectivity index (χ4v) is 5.01. The lowest BCUT2D eigenvalue weighted by molar-refractivity contribution is -0.125. The summed E-state index contributed by atoms with van der Waals surface area (Å²) in [4.78, 5) is 55.5. The number of nitrogens with zero attached hydrogens (tertiary/aromatic N) is 2. The van der Waals surface area contributed by atoms with E-state index in [9.17, 15) is 23.6 Å². The van der Waals surface area contributed by atoms with Crippen molar-refractivity contribution in [2.45, 2.75) is 58.0 Å². The highest BCUT2D eigenvalue weighted by Crippen LogP contribution is 2.23. The van der Waals surface area contributed by atoms with E-state index in [1.807, 2.05) is 13.0 Å². The molecule has 1 saturated heterocycles. The first-order chi connectivity index (χ1) is 19.8. The number of ether oxygens (including phenoxy) is 1. The summed E-state index contributed by atoms with van der Waals surface area (Å²) in [5, 5.41) is 5.84. The Kier molecular flexibility index (Phi) is 9.94. The molecule has 4 rings (SSSR count). The maximum atomic E-state index is 14.1. The van der Waals surface area contributed by atoms with Gasteiger partial charge in [-0.2, -0.15) is 0 Å². The van der Waals surface area contributed by atoms with Crippen molar-refractivity contribution in [2.24, 2.45) is 0 Å². The second-order valence-electron chi connectivity index (χ2n) is 10.1. The Labute approximate surface area is 237 Å². The molecule has 1 fully saturated rings. The van der Waals surface area contributed by atoms with Gasteiger partial charge < -0.3 is 29.8 Å². The molecule has 3 aromatic rings. The van der Waals surface area contributed by atoms with Crippen LogP contribution in [0.1, 0.15) is 50.3 Å². The van der Waals surface area contributed by atoms with Gasteiger partial charge in [0.05, 0.1) is 13.7 Å². The lowest BCUT2D eigenvalue weighted by Gasteiger charge is -2.17. The van der Waals surface area contributed by atoms with Gasteiger partial charge in [0.25, 0.3) is 5.56 Å². The molecule has 218 valence electrons. The van der Waals surface area contributed by atoms with Gasteiger partial charge in [-0.05, 0) is 74.1 Å². The molecule has 0 radical (unpaired) electrons. The van der Waals surface area contributed by atoms with Crippen molar-refractivity contribution in [3.63, 3.8) is 0 Å². The lowest BCUT2D eigenvalue weighted by Crippen LogP contribution is -2.44. The van der Waals surface area contributed by atoms with Crippen molar-refractivity contribution < 1.29 is 23.5 Å². The zero-order valence-electron chi connectivity index (χ0n) is 23.4. The van der Waals surface area contributed by atoms with Crippen LogP contribution < -0.4 is 16.2 Å². The number of pyridine rings is 1. The van der Waals surface area contributed by atoms with Gasteiger partial charge in [0.1, 0.15) is 17.5 Å². The summed E-state index contributed by atoms with van der Waals surface area (Å²) in [6.45, 7) is 3.69. The first kappa shape index (κ1) is 29.6. The summed E-state index contributed by atoms with van der Waals surface area (Å²) in [6.07, 6.45) is 8.09. The highest BCUT2D eigenvalue weighted by Gasteiger charge is 2.22. The Morgan fingerprint density at radius 1 is 1.20 bits per heavy atom. The molecule has 3 N–H and O–H groups in total. The fraction of sp³-hybridized carbons (Fsp3) is 0.400. The topological polar surface area (TPSA) is 126 Å². The van der Waals surface area contributed by atoms with Crippen LogP contribution in [0.3, 0.4) is 0 Å².